The van der Waals surface area contributed by atoms with Gasteiger partial charge in [0.15, 0.2) is 6.10 Å². The molecule has 1 amide bonds. The summed E-state index contributed by atoms with van der Waals surface area (Å²) in [6, 6.07) is 19.3. The van der Waals surface area contributed by atoms with Gasteiger partial charge >= 0.3 is 0 Å². The van der Waals surface area contributed by atoms with Crippen molar-refractivity contribution in [2.24, 2.45) is 0 Å². The number of hydrogen-bond donors (Lipinski definition) is 1. The highest BCUT2D eigenvalue weighted by atomic mass is 16.3. The van der Waals surface area contributed by atoms with E-state index < -0.39 is 6.10 Å². The lowest BCUT2D eigenvalue weighted by molar-refractivity contribution is -0.141. The van der Waals surface area contributed by atoms with Crippen molar-refractivity contribution >= 4 is 16.8 Å². The molecule has 0 aliphatic carbocycles. The fourth-order valence-electron chi connectivity index (χ4n) is 3.00. The molecule has 0 saturated carbocycles. The molecule has 4 heteroatoms. The molecule has 0 saturated heterocycles. The SMILES string of the molecule is CCC(C)N(C)C(=O)C(O)c1cc(-c2ccccc2)nc2ccccc12. The number of carbonyl (C=O) groups is 1. The molecule has 0 aliphatic heterocycles. The maximum atomic E-state index is 12.8. The summed E-state index contributed by atoms with van der Waals surface area (Å²) in [5.41, 5.74) is 3.06. The molecular formula is C22H24N2O2. The van der Waals surface area contributed by atoms with Crippen molar-refractivity contribution in [3.8, 4) is 11.3 Å². The van der Waals surface area contributed by atoms with Crippen molar-refractivity contribution in [2.75, 3.05) is 7.05 Å². The quantitative estimate of drug-likeness (QED) is 0.752. The Hall–Kier alpha value is -2.72. The van der Waals surface area contributed by atoms with Gasteiger partial charge in [-0.15, -0.1) is 0 Å². The standard InChI is InChI=1S/C22H24N2O2/c1-4-15(2)24(3)22(26)21(25)18-14-20(16-10-6-5-7-11-16)23-19-13-9-8-12-17(18)19/h5-15,21,25H,4H2,1-3H3. The summed E-state index contributed by atoms with van der Waals surface area (Å²) in [6.07, 6.45) is -0.384. The van der Waals surface area contributed by atoms with Gasteiger partial charge in [-0.1, -0.05) is 55.5 Å². The minimum Gasteiger partial charge on any atom is -0.378 e. The third-order valence-corrected chi connectivity index (χ3v) is 4.95. The summed E-state index contributed by atoms with van der Waals surface area (Å²) in [4.78, 5) is 19.1. The van der Waals surface area contributed by atoms with Gasteiger partial charge in [0, 0.05) is 29.6 Å². The number of nitrogens with zero attached hydrogens (tertiary/aromatic N) is 2. The van der Waals surface area contributed by atoms with Crippen molar-refractivity contribution < 1.29 is 9.90 Å². The Labute approximate surface area is 154 Å². The van der Waals surface area contributed by atoms with Crippen LogP contribution < -0.4 is 0 Å². The second-order valence-electron chi connectivity index (χ2n) is 6.59. The monoisotopic (exact) mass is 348 g/mol. The summed E-state index contributed by atoms with van der Waals surface area (Å²) in [5.74, 6) is -0.297. The molecule has 2 unspecified atom stereocenters. The second-order valence-corrected chi connectivity index (χ2v) is 6.59. The molecule has 1 heterocycles. The first-order chi connectivity index (χ1) is 12.5. The zero-order valence-corrected chi connectivity index (χ0v) is 15.4. The van der Waals surface area contributed by atoms with Crippen LogP contribution in [-0.4, -0.2) is 34.0 Å². The first-order valence-electron chi connectivity index (χ1n) is 8.92. The highest BCUT2D eigenvalue weighted by Gasteiger charge is 2.26. The Bertz CT molecular complexity index is 908. The molecule has 1 aromatic heterocycles. The molecular weight excluding hydrogens is 324 g/mol. The van der Waals surface area contributed by atoms with Gasteiger partial charge in [0.05, 0.1) is 11.2 Å². The van der Waals surface area contributed by atoms with E-state index in [1.807, 2.05) is 74.5 Å². The molecule has 4 nitrogen and oxygen atoms in total. The van der Waals surface area contributed by atoms with Gasteiger partial charge in [-0.05, 0) is 25.5 Å². The zero-order valence-electron chi connectivity index (χ0n) is 15.4. The van der Waals surface area contributed by atoms with Crippen LogP contribution in [0.2, 0.25) is 0 Å². The van der Waals surface area contributed by atoms with E-state index >= 15 is 0 Å². The Balaban J connectivity index is 2.10. The van der Waals surface area contributed by atoms with E-state index in [2.05, 4.69) is 0 Å². The number of aliphatic hydroxyl groups is 1. The van der Waals surface area contributed by atoms with Crippen LogP contribution in [0.1, 0.15) is 31.9 Å². The van der Waals surface area contributed by atoms with Crippen LogP contribution in [-0.2, 0) is 4.79 Å². The number of aromatic nitrogens is 1. The van der Waals surface area contributed by atoms with Crippen molar-refractivity contribution in [3.63, 3.8) is 0 Å². The van der Waals surface area contributed by atoms with E-state index in [4.69, 9.17) is 4.98 Å². The molecule has 0 aliphatic rings. The van der Waals surface area contributed by atoms with E-state index in [9.17, 15) is 9.90 Å². The molecule has 0 fully saturated rings. The van der Waals surface area contributed by atoms with Crippen molar-refractivity contribution in [2.45, 2.75) is 32.4 Å². The van der Waals surface area contributed by atoms with Gasteiger partial charge in [0.1, 0.15) is 0 Å². The van der Waals surface area contributed by atoms with E-state index in [1.165, 1.54) is 0 Å². The van der Waals surface area contributed by atoms with Crippen LogP contribution in [0.3, 0.4) is 0 Å². The average Bonchev–Trinajstić information content (AvgIpc) is 2.71. The molecule has 26 heavy (non-hydrogen) atoms. The Morgan fingerprint density at radius 3 is 2.46 bits per heavy atom. The maximum absolute atomic E-state index is 12.8. The lowest BCUT2D eigenvalue weighted by Gasteiger charge is -2.27. The lowest BCUT2D eigenvalue weighted by atomic mass is 9.99. The van der Waals surface area contributed by atoms with Crippen molar-refractivity contribution in [1.29, 1.82) is 0 Å². The van der Waals surface area contributed by atoms with E-state index in [0.717, 1.165) is 28.6 Å². The number of pyridine rings is 1. The molecule has 0 bridgehead atoms. The van der Waals surface area contributed by atoms with Gasteiger partial charge in [-0.25, -0.2) is 4.98 Å². The van der Waals surface area contributed by atoms with Gasteiger partial charge in [-0.3, -0.25) is 4.79 Å². The Morgan fingerprint density at radius 1 is 1.12 bits per heavy atom. The minimum atomic E-state index is -1.22. The second kappa shape index (κ2) is 7.67. The summed E-state index contributed by atoms with van der Waals surface area (Å²) in [6.45, 7) is 4.00. The van der Waals surface area contributed by atoms with Crippen LogP contribution in [0.5, 0.6) is 0 Å². The number of para-hydroxylation sites is 1. The fourth-order valence-corrected chi connectivity index (χ4v) is 3.00. The van der Waals surface area contributed by atoms with Crippen LogP contribution in [0.4, 0.5) is 0 Å². The molecule has 3 rings (SSSR count). The zero-order chi connectivity index (χ0) is 18.7. The molecule has 134 valence electrons. The summed E-state index contributed by atoms with van der Waals surface area (Å²) in [5, 5.41) is 11.7. The molecule has 2 aromatic carbocycles. The number of amides is 1. The number of aliphatic hydroxyl groups excluding tert-OH is 1. The first kappa shape index (κ1) is 18.1. The molecule has 3 aromatic rings. The molecule has 0 spiro atoms. The average molecular weight is 348 g/mol. The van der Waals surface area contributed by atoms with E-state index in [-0.39, 0.29) is 11.9 Å². The number of likely N-dealkylation sites (N-methyl/N-ethyl adjacent to an activating group) is 1. The van der Waals surface area contributed by atoms with Gasteiger partial charge in [0.25, 0.3) is 5.91 Å². The normalized spacial score (nSPS) is 13.4. The van der Waals surface area contributed by atoms with Crippen LogP contribution in [0.25, 0.3) is 22.2 Å². The number of hydrogen-bond acceptors (Lipinski definition) is 3. The summed E-state index contributed by atoms with van der Waals surface area (Å²) in [7, 11) is 1.74. The van der Waals surface area contributed by atoms with E-state index in [0.29, 0.717) is 5.56 Å². The molecule has 2 atom stereocenters. The maximum Gasteiger partial charge on any atom is 0.256 e. The highest BCUT2D eigenvalue weighted by molar-refractivity contribution is 5.92. The Morgan fingerprint density at radius 2 is 1.77 bits per heavy atom. The summed E-state index contributed by atoms with van der Waals surface area (Å²) < 4.78 is 0. The number of fused-ring (bicyclic) bond motifs is 1. The van der Waals surface area contributed by atoms with Crippen molar-refractivity contribution in [3.05, 3.63) is 66.2 Å². The minimum absolute atomic E-state index is 0.0684. The smallest absolute Gasteiger partial charge is 0.256 e. The van der Waals surface area contributed by atoms with Crippen molar-refractivity contribution in [1.82, 2.24) is 9.88 Å². The number of carbonyl (C=O) groups excluding carboxylic acids is 1. The fraction of sp³-hybridized carbons (Fsp3) is 0.273. The van der Waals surface area contributed by atoms with E-state index in [1.54, 1.807) is 11.9 Å². The lowest BCUT2D eigenvalue weighted by Crippen LogP contribution is -2.38. The summed E-state index contributed by atoms with van der Waals surface area (Å²) >= 11 is 0. The Kier molecular flexibility index (Phi) is 5.33. The third-order valence-electron chi connectivity index (χ3n) is 4.95. The largest absolute Gasteiger partial charge is 0.378 e. The van der Waals surface area contributed by atoms with Crippen LogP contribution in [0.15, 0.2) is 60.7 Å². The van der Waals surface area contributed by atoms with Gasteiger partial charge in [0.2, 0.25) is 0 Å². The molecule has 1 N–H and O–H groups in total. The van der Waals surface area contributed by atoms with Crippen LogP contribution >= 0.6 is 0 Å². The number of benzene rings is 2. The molecule has 0 radical (unpaired) electrons. The highest BCUT2D eigenvalue weighted by Crippen LogP contribution is 2.29. The van der Waals surface area contributed by atoms with Gasteiger partial charge in [-0.2, -0.15) is 0 Å². The third kappa shape index (κ3) is 3.46. The predicted molar refractivity (Wildman–Crippen MR) is 105 cm³/mol. The first-order valence-corrected chi connectivity index (χ1v) is 8.92. The predicted octanol–water partition coefficient (Wildman–Crippen LogP) is 4.19. The van der Waals surface area contributed by atoms with Crippen LogP contribution in [0, 0.1) is 0 Å². The topological polar surface area (TPSA) is 53.4 Å². The number of rotatable bonds is 5. The van der Waals surface area contributed by atoms with Gasteiger partial charge < -0.3 is 10.0 Å².